The lowest BCUT2D eigenvalue weighted by molar-refractivity contribution is -0.121. The van der Waals surface area contributed by atoms with Crippen molar-refractivity contribution in [2.75, 3.05) is 6.54 Å². The maximum atomic E-state index is 12.3. The summed E-state index contributed by atoms with van der Waals surface area (Å²) in [6.45, 7) is -0.102. The van der Waals surface area contributed by atoms with Crippen molar-refractivity contribution in [1.29, 1.82) is 0 Å². The van der Waals surface area contributed by atoms with Crippen molar-refractivity contribution in [3.8, 4) is 10.7 Å². The Morgan fingerprint density at radius 2 is 1.74 bits per heavy atom. The molecule has 3 aromatic rings. The van der Waals surface area contributed by atoms with E-state index in [1.807, 2.05) is 23.6 Å². The zero-order valence-corrected chi connectivity index (χ0v) is 14.9. The number of nitrogens with one attached hydrogen (secondary N) is 1. The van der Waals surface area contributed by atoms with Crippen molar-refractivity contribution >= 4 is 29.1 Å². The third-order valence-electron chi connectivity index (χ3n) is 4.08. The van der Waals surface area contributed by atoms with Crippen LogP contribution in [0.4, 0.5) is 0 Å². The summed E-state index contributed by atoms with van der Waals surface area (Å²) >= 11 is 1.44. The molecule has 8 heteroatoms. The molecule has 0 saturated carbocycles. The fourth-order valence-corrected chi connectivity index (χ4v) is 3.56. The fraction of sp³-hybridized carbons (Fsp3) is 0.105. The summed E-state index contributed by atoms with van der Waals surface area (Å²) in [5, 5.41) is 5.30. The maximum Gasteiger partial charge on any atom is 0.262 e. The van der Waals surface area contributed by atoms with Gasteiger partial charge < -0.3 is 5.32 Å². The maximum absolute atomic E-state index is 12.3. The van der Waals surface area contributed by atoms with Crippen LogP contribution in [0.2, 0.25) is 0 Å². The average molecular weight is 378 g/mol. The number of thiazole rings is 1. The zero-order chi connectivity index (χ0) is 18.8. The van der Waals surface area contributed by atoms with Gasteiger partial charge in [0.15, 0.2) is 0 Å². The normalized spacial score (nSPS) is 13.0. The zero-order valence-electron chi connectivity index (χ0n) is 14.1. The van der Waals surface area contributed by atoms with Gasteiger partial charge in [-0.3, -0.25) is 24.3 Å². The molecule has 1 aliphatic rings. The number of benzene rings is 1. The summed E-state index contributed by atoms with van der Waals surface area (Å²) in [5.41, 5.74) is 2.12. The second kappa shape index (κ2) is 7.08. The van der Waals surface area contributed by atoms with E-state index in [9.17, 15) is 14.4 Å². The van der Waals surface area contributed by atoms with E-state index < -0.39 is 17.7 Å². The van der Waals surface area contributed by atoms with Gasteiger partial charge in [0, 0.05) is 11.6 Å². The van der Waals surface area contributed by atoms with Crippen molar-refractivity contribution in [3.63, 3.8) is 0 Å². The first-order valence-electron chi connectivity index (χ1n) is 8.21. The van der Waals surface area contributed by atoms with Crippen LogP contribution in [0.25, 0.3) is 10.7 Å². The van der Waals surface area contributed by atoms with Gasteiger partial charge in [0.05, 0.1) is 29.1 Å². The molecule has 3 amide bonds. The first kappa shape index (κ1) is 17.0. The van der Waals surface area contributed by atoms with E-state index >= 15 is 0 Å². The molecule has 0 atom stereocenters. The van der Waals surface area contributed by atoms with E-state index in [0.29, 0.717) is 16.8 Å². The number of fused-ring (bicyclic) bond motifs is 1. The summed E-state index contributed by atoms with van der Waals surface area (Å²) in [5.74, 6) is -1.31. The molecule has 4 rings (SSSR count). The van der Waals surface area contributed by atoms with Crippen molar-refractivity contribution < 1.29 is 14.4 Å². The minimum atomic E-state index is -0.447. The van der Waals surface area contributed by atoms with Gasteiger partial charge in [0.1, 0.15) is 11.6 Å². The minimum Gasteiger partial charge on any atom is -0.349 e. The summed E-state index contributed by atoms with van der Waals surface area (Å²) in [4.78, 5) is 46.4. The number of imide groups is 1. The molecule has 1 aliphatic heterocycles. The number of pyridine rings is 1. The minimum absolute atomic E-state index is 0.214. The lowest BCUT2D eigenvalue weighted by atomic mass is 10.1. The molecule has 0 bridgehead atoms. The Hall–Kier alpha value is -3.39. The van der Waals surface area contributed by atoms with Crippen molar-refractivity contribution in [2.24, 2.45) is 0 Å². The van der Waals surface area contributed by atoms with Gasteiger partial charge in [-0.2, -0.15) is 0 Å². The van der Waals surface area contributed by atoms with E-state index in [0.717, 1.165) is 15.6 Å². The van der Waals surface area contributed by atoms with Gasteiger partial charge in [-0.1, -0.05) is 18.2 Å². The summed E-state index contributed by atoms with van der Waals surface area (Å²) in [7, 11) is 0. The molecule has 1 aromatic carbocycles. The van der Waals surface area contributed by atoms with Crippen LogP contribution in [0.3, 0.4) is 0 Å². The van der Waals surface area contributed by atoms with E-state index in [1.54, 1.807) is 30.5 Å². The van der Waals surface area contributed by atoms with Crippen molar-refractivity contribution in [3.05, 3.63) is 70.9 Å². The Morgan fingerprint density at radius 3 is 2.41 bits per heavy atom. The Bertz CT molecular complexity index is 997. The Kier molecular flexibility index (Phi) is 4.47. The Balaban J connectivity index is 1.37. The van der Waals surface area contributed by atoms with Crippen LogP contribution in [-0.4, -0.2) is 39.1 Å². The number of carbonyl (C=O) groups is 3. The molecule has 0 spiro atoms. The van der Waals surface area contributed by atoms with E-state index in [-0.39, 0.29) is 13.1 Å². The van der Waals surface area contributed by atoms with Crippen LogP contribution in [0.5, 0.6) is 0 Å². The summed E-state index contributed by atoms with van der Waals surface area (Å²) in [6.07, 6.45) is 1.69. The molecule has 27 heavy (non-hydrogen) atoms. The van der Waals surface area contributed by atoms with Gasteiger partial charge in [-0.15, -0.1) is 11.3 Å². The molecule has 0 radical (unpaired) electrons. The standard InChI is InChI=1S/C19H14N4O3S/c24-16(10-23-18(25)13-5-1-2-6-14(13)19(23)26)21-9-12-11-27-17(22-12)15-7-3-4-8-20-15/h1-8,11H,9-10H2,(H,21,24). The van der Waals surface area contributed by atoms with Crippen LogP contribution in [-0.2, 0) is 11.3 Å². The molecule has 0 fully saturated rings. The van der Waals surface area contributed by atoms with E-state index in [4.69, 9.17) is 0 Å². The molecule has 2 aromatic heterocycles. The summed E-state index contributed by atoms with van der Waals surface area (Å²) in [6, 6.07) is 12.1. The van der Waals surface area contributed by atoms with Gasteiger partial charge in [0.2, 0.25) is 5.91 Å². The predicted molar refractivity (Wildman–Crippen MR) is 99.0 cm³/mol. The SMILES string of the molecule is O=C(CN1C(=O)c2ccccc2C1=O)NCc1csc(-c2ccccn2)n1. The number of hydrogen-bond donors (Lipinski definition) is 1. The lowest BCUT2D eigenvalue weighted by Crippen LogP contribution is -2.40. The number of rotatable bonds is 5. The first-order valence-corrected chi connectivity index (χ1v) is 9.09. The molecular formula is C19H14N4O3S. The fourth-order valence-electron chi connectivity index (χ4n) is 2.77. The molecule has 0 aliphatic carbocycles. The quantitative estimate of drug-likeness (QED) is 0.687. The van der Waals surface area contributed by atoms with Crippen molar-refractivity contribution in [2.45, 2.75) is 6.54 Å². The topological polar surface area (TPSA) is 92.3 Å². The van der Waals surface area contributed by atoms with Gasteiger partial charge in [0.25, 0.3) is 11.8 Å². The highest BCUT2D eigenvalue weighted by molar-refractivity contribution is 7.13. The van der Waals surface area contributed by atoms with Crippen LogP contribution in [0, 0.1) is 0 Å². The molecule has 0 saturated heterocycles. The number of amides is 3. The van der Waals surface area contributed by atoms with Crippen molar-refractivity contribution in [1.82, 2.24) is 20.2 Å². The van der Waals surface area contributed by atoms with Gasteiger partial charge in [-0.25, -0.2) is 4.98 Å². The second-order valence-corrected chi connectivity index (χ2v) is 6.74. The third kappa shape index (κ3) is 3.34. The van der Waals surface area contributed by atoms with Gasteiger partial charge in [-0.05, 0) is 24.3 Å². The number of nitrogens with zero attached hydrogens (tertiary/aromatic N) is 3. The number of hydrogen-bond acceptors (Lipinski definition) is 6. The average Bonchev–Trinajstić information content (AvgIpc) is 3.27. The second-order valence-electron chi connectivity index (χ2n) is 5.88. The van der Waals surface area contributed by atoms with Crippen LogP contribution in [0.15, 0.2) is 54.0 Å². The molecule has 134 valence electrons. The molecule has 0 unspecified atom stereocenters. The largest absolute Gasteiger partial charge is 0.349 e. The monoisotopic (exact) mass is 378 g/mol. The van der Waals surface area contributed by atoms with Crippen LogP contribution in [0.1, 0.15) is 26.4 Å². The van der Waals surface area contributed by atoms with Crippen LogP contribution < -0.4 is 5.32 Å². The first-order chi connectivity index (χ1) is 13.1. The highest BCUT2D eigenvalue weighted by Crippen LogP contribution is 2.22. The highest BCUT2D eigenvalue weighted by Gasteiger charge is 2.36. The molecule has 3 heterocycles. The third-order valence-corrected chi connectivity index (χ3v) is 5.00. The van der Waals surface area contributed by atoms with Crippen LogP contribution >= 0.6 is 11.3 Å². The molecule has 1 N–H and O–H groups in total. The Labute approximate surface area is 158 Å². The number of aromatic nitrogens is 2. The molecular weight excluding hydrogens is 364 g/mol. The van der Waals surface area contributed by atoms with E-state index in [2.05, 4.69) is 15.3 Å². The predicted octanol–water partition coefficient (Wildman–Crippen LogP) is 2.12. The Morgan fingerprint density at radius 1 is 1.04 bits per heavy atom. The van der Waals surface area contributed by atoms with Gasteiger partial charge >= 0.3 is 0 Å². The molecule has 7 nitrogen and oxygen atoms in total. The smallest absolute Gasteiger partial charge is 0.262 e. The number of carbonyl (C=O) groups excluding carboxylic acids is 3. The summed E-state index contributed by atoms with van der Waals surface area (Å²) < 4.78 is 0. The lowest BCUT2D eigenvalue weighted by Gasteiger charge is -2.13. The highest BCUT2D eigenvalue weighted by atomic mass is 32.1. The van der Waals surface area contributed by atoms with E-state index in [1.165, 1.54) is 11.3 Å².